The predicted octanol–water partition coefficient (Wildman–Crippen LogP) is 11.9. The fourth-order valence-corrected chi connectivity index (χ4v) is 9.14. The average molecular weight is 719 g/mol. The minimum Gasteiger partial charge on any atom is -0.467 e. The zero-order chi connectivity index (χ0) is 38.7. The van der Waals surface area contributed by atoms with E-state index in [0.29, 0.717) is 17.5 Å². The molecule has 2 atom stereocenters. The predicted molar refractivity (Wildman–Crippen MR) is 220 cm³/mol. The first-order chi connectivity index (χ1) is 25.2. The maximum Gasteiger partial charge on any atom is 0.219 e. The van der Waals surface area contributed by atoms with E-state index in [-0.39, 0.29) is 16.2 Å². The smallest absolute Gasteiger partial charge is 0.219 e. The molecule has 0 amide bonds. The van der Waals surface area contributed by atoms with Gasteiger partial charge in [-0.2, -0.15) is 0 Å². The van der Waals surface area contributed by atoms with Crippen molar-refractivity contribution < 1.29 is 9.47 Å². The van der Waals surface area contributed by atoms with Gasteiger partial charge in [-0.15, -0.1) is 0 Å². The summed E-state index contributed by atoms with van der Waals surface area (Å²) in [5.74, 6) is 2.76. The third-order valence-corrected chi connectivity index (χ3v) is 12.4. The molecule has 3 aliphatic rings. The molecule has 0 N–H and O–H groups in total. The lowest BCUT2D eigenvalue weighted by atomic mass is 9.66. The second-order valence-electron chi connectivity index (χ2n) is 18.8. The Morgan fingerprint density at radius 2 is 1.48 bits per heavy atom. The number of anilines is 3. The number of ether oxygens (including phenoxy) is 2. The standard InChI is InChI=1S/C48H54N4O2/c1-28-18-35(52-40-15-14-34(44(5,6)7)24-38(40)46(11,12)39-20-29(2)27-50-42(39)52)25-36(19-28)53-41-23-32(16-17-49-41)43-51-47(13)37-22-31(4)30(3)21-33(37)26-48(47,54-43)45(8,9)10/h14-25,27H,26H2,1-13H3/t47-,48-/m1/s1. The molecule has 278 valence electrons. The normalized spacial score (nSPS) is 21.1. The van der Waals surface area contributed by atoms with Gasteiger partial charge in [-0.25, -0.2) is 15.0 Å². The summed E-state index contributed by atoms with van der Waals surface area (Å²) < 4.78 is 13.7. The minimum atomic E-state index is -0.528. The van der Waals surface area contributed by atoms with Crippen LogP contribution in [0.15, 0.2) is 84.1 Å². The third-order valence-electron chi connectivity index (χ3n) is 12.4. The number of fused-ring (bicyclic) bond motifs is 5. The summed E-state index contributed by atoms with van der Waals surface area (Å²) >= 11 is 0. The van der Waals surface area contributed by atoms with Gasteiger partial charge in [-0.05, 0) is 115 Å². The van der Waals surface area contributed by atoms with Crippen molar-refractivity contribution in [1.82, 2.24) is 9.97 Å². The van der Waals surface area contributed by atoms with Crippen molar-refractivity contribution in [1.29, 1.82) is 0 Å². The molecule has 8 rings (SSSR count). The van der Waals surface area contributed by atoms with Crippen molar-refractivity contribution in [3.63, 3.8) is 0 Å². The Bertz CT molecular complexity index is 2390. The van der Waals surface area contributed by atoms with Crippen LogP contribution in [-0.4, -0.2) is 21.5 Å². The molecule has 2 aromatic heterocycles. The zero-order valence-electron chi connectivity index (χ0n) is 34.3. The fraction of sp³-hybridized carbons (Fsp3) is 0.396. The molecule has 0 spiro atoms. The summed E-state index contributed by atoms with van der Waals surface area (Å²) in [5, 5.41) is 0. The summed E-state index contributed by atoms with van der Waals surface area (Å²) in [6.45, 7) is 29.1. The number of hydrogen-bond acceptors (Lipinski definition) is 6. The van der Waals surface area contributed by atoms with Crippen LogP contribution in [0.25, 0.3) is 0 Å². The van der Waals surface area contributed by atoms with E-state index in [2.05, 4.69) is 154 Å². The largest absolute Gasteiger partial charge is 0.467 e. The molecule has 0 fully saturated rings. The maximum absolute atomic E-state index is 7.09. The van der Waals surface area contributed by atoms with Crippen molar-refractivity contribution in [3.8, 4) is 11.6 Å². The van der Waals surface area contributed by atoms with Crippen molar-refractivity contribution in [2.45, 2.75) is 118 Å². The summed E-state index contributed by atoms with van der Waals surface area (Å²) in [6.07, 6.45) is 4.56. The molecule has 2 aliphatic heterocycles. The van der Waals surface area contributed by atoms with Crippen molar-refractivity contribution >= 4 is 23.1 Å². The molecule has 0 saturated heterocycles. The van der Waals surface area contributed by atoms with Crippen molar-refractivity contribution in [2.75, 3.05) is 4.90 Å². The summed E-state index contributed by atoms with van der Waals surface area (Å²) in [5.41, 5.74) is 12.7. The first kappa shape index (κ1) is 36.0. The van der Waals surface area contributed by atoms with Crippen LogP contribution in [0, 0.1) is 33.1 Å². The summed E-state index contributed by atoms with van der Waals surface area (Å²) in [4.78, 5) is 17.4. The highest BCUT2D eigenvalue weighted by Crippen LogP contribution is 2.60. The van der Waals surface area contributed by atoms with E-state index in [1.54, 1.807) is 6.20 Å². The number of aromatic nitrogens is 2. The van der Waals surface area contributed by atoms with Gasteiger partial charge in [0.05, 0.1) is 11.4 Å². The molecule has 6 nitrogen and oxygen atoms in total. The number of rotatable bonds is 4. The van der Waals surface area contributed by atoms with Crippen molar-refractivity contribution in [2.24, 2.45) is 10.4 Å². The Morgan fingerprint density at radius 1 is 0.741 bits per heavy atom. The van der Waals surface area contributed by atoms with Crippen LogP contribution in [0.1, 0.15) is 118 Å². The van der Waals surface area contributed by atoms with Crippen LogP contribution in [0.2, 0.25) is 0 Å². The molecule has 0 saturated carbocycles. The molecular weight excluding hydrogens is 665 g/mol. The van der Waals surface area contributed by atoms with Crippen LogP contribution >= 0.6 is 0 Å². The van der Waals surface area contributed by atoms with E-state index in [1.165, 1.54) is 38.9 Å². The van der Waals surface area contributed by atoms with E-state index in [0.717, 1.165) is 40.3 Å². The zero-order valence-corrected chi connectivity index (χ0v) is 34.3. The van der Waals surface area contributed by atoms with Gasteiger partial charge in [-0.3, -0.25) is 4.90 Å². The number of benzene rings is 3. The van der Waals surface area contributed by atoms with Gasteiger partial charge in [0.2, 0.25) is 11.8 Å². The van der Waals surface area contributed by atoms with Crippen LogP contribution in [0.4, 0.5) is 17.2 Å². The van der Waals surface area contributed by atoms with Crippen molar-refractivity contribution in [3.05, 3.63) is 135 Å². The molecule has 0 bridgehead atoms. The van der Waals surface area contributed by atoms with Crippen LogP contribution in [-0.2, 0) is 27.5 Å². The Balaban J connectivity index is 1.18. The first-order valence-electron chi connectivity index (χ1n) is 19.3. The molecule has 3 aromatic carbocycles. The molecule has 4 heterocycles. The van der Waals surface area contributed by atoms with Gasteiger partial charge < -0.3 is 9.47 Å². The van der Waals surface area contributed by atoms with Gasteiger partial charge in [-0.1, -0.05) is 79.7 Å². The van der Waals surface area contributed by atoms with E-state index in [9.17, 15) is 0 Å². The monoisotopic (exact) mass is 718 g/mol. The highest BCUT2D eigenvalue weighted by atomic mass is 16.5. The van der Waals surface area contributed by atoms with E-state index in [1.807, 2.05) is 18.3 Å². The molecule has 0 radical (unpaired) electrons. The quantitative estimate of drug-likeness (QED) is 0.185. The van der Waals surface area contributed by atoms with E-state index >= 15 is 0 Å². The Kier molecular flexibility index (Phi) is 7.85. The highest BCUT2D eigenvalue weighted by Gasteiger charge is 2.66. The number of hydrogen-bond donors (Lipinski definition) is 0. The summed E-state index contributed by atoms with van der Waals surface area (Å²) in [7, 11) is 0. The first-order valence-corrected chi connectivity index (χ1v) is 19.3. The van der Waals surface area contributed by atoms with E-state index < -0.39 is 11.1 Å². The molecule has 5 aromatic rings. The lowest BCUT2D eigenvalue weighted by molar-refractivity contribution is -0.0673. The lowest BCUT2D eigenvalue weighted by Gasteiger charge is -2.45. The molecule has 1 aliphatic carbocycles. The lowest BCUT2D eigenvalue weighted by Crippen LogP contribution is -2.54. The number of aryl methyl sites for hydroxylation is 4. The van der Waals surface area contributed by atoms with Gasteiger partial charge in [0.1, 0.15) is 22.7 Å². The Labute approximate surface area is 321 Å². The molecule has 6 heteroatoms. The van der Waals surface area contributed by atoms with Crippen LogP contribution in [0.5, 0.6) is 11.6 Å². The molecule has 54 heavy (non-hydrogen) atoms. The average Bonchev–Trinajstić information content (AvgIpc) is 3.51. The third kappa shape index (κ3) is 5.39. The number of pyridine rings is 2. The number of nitrogens with zero attached hydrogens (tertiary/aromatic N) is 4. The SMILES string of the molecule is Cc1cc(Oc2cc(C3=N[C@]4(C)c5cc(C)c(C)cc5C[C@]4(C(C)(C)C)O3)ccn2)cc(N2c3ccc(C(C)(C)C)cc3C(C)(C)c3cc(C)cnc32)c1. The fourth-order valence-electron chi connectivity index (χ4n) is 9.14. The molecule has 0 unspecified atom stereocenters. The second kappa shape index (κ2) is 11.8. The van der Waals surface area contributed by atoms with Gasteiger partial charge >= 0.3 is 0 Å². The second-order valence-corrected chi connectivity index (χ2v) is 18.8. The van der Waals surface area contributed by atoms with E-state index in [4.69, 9.17) is 19.5 Å². The van der Waals surface area contributed by atoms with Crippen LogP contribution in [0.3, 0.4) is 0 Å². The van der Waals surface area contributed by atoms with Gasteiger partial charge in [0, 0.05) is 52.9 Å². The Hall–Kier alpha value is -4.97. The maximum atomic E-state index is 7.09. The Morgan fingerprint density at radius 3 is 2.20 bits per heavy atom. The summed E-state index contributed by atoms with van der Waals surface area (Å²) in [6, 6.07) is 24.1. The topological polar surface area (TPSA) is 59.8 Å². The van der Waals surface area contributed by atoms with Gasteiger partial charge in [0.25, 0.3) is 0 Å². The number of aliphatic imine (C=N–C) groups is 1. The molecular formula is C48H54N4O2. The van der Waals surface area contributed by atoms with Gasteiger partial charge in [0.15, 0.2) is 0 Å². The van der Waals surface area contributed by atoms with Crippen LogP contribution < -0.4 is 9.64 Å². The minimum absolute atomic E-state index is 0.0224. The highest BCUT2D eigenvalue weighted by molar-refractivity contribution is 5.97.